The first-order valence-electron chi connectivity index (χ1n) is 32.2. The van der Waals surface area contributed by atoms with Gasteiger partial charge in [0.1, 0.15) is 40.8 Å². The summed E-state index contributed by atoms with van der Waals surface area (Å²) in [5, 5.41) is 32.3. The van der Waals surface area contributed by atoms with Gasteiger partial charge < -0.3 is 59.1 Å². The van der Waals surface area contributed by atoms with Gasteiger partial charge in [0.25, 0.3) is 5.91 Å². The molecule has 3 N–H and O–H groups in total. The van der Waals surface area contributed by atoms with Crippen LogP contribution in [0.2, 0.25) is 10.0 Å². The number of nitriles is 2. The number of piperazine rings is 1. The molecule has 10 rings (SSSR count). The van der Waals surface area contributed by atoms with Crippen LogP contribution < -0.4 is 35.2 Å². The van der Waals surface area contributed by atoms with Gasteiger partial charge in [-0.25, -0.2) is 13.6 Å². The van der Waals surface area contributed by atoms with Crippen LogP contribution in [0.25, 0.3) is 10.8 Å². The minimum absolute atomic E-state index is 0.0254. The van der Waals surface area contributed by atoms with Gasteiger partial charge >= 0.3 is 12.1 Å². The summed E-state index contributed by atoms with van der Waals surface area (Å²) in [5.74, 6) is -3.09. The van der Waals surface area contributed by atoms with Gasteiger partial charge in [0, 0.05) is 90.1 Å². The zero-order chi connectivity index (χ0) is 67.8. The van der Waals surface area contributed by atoms with E-state index in [1.54, 1.807) is 4.90 Å². The van der Waals surface area contributed by atoms with Crippen LogP contribution in [0.1, 0.15) is 99.5 Å². The number of ether oxygens (including phenoxy) is 6. The maximum absolute atomic E-state index is 16.3. The number of carbonyl (C=O) groups excluding carboxylic acids is 3. The molecule has 5 aromatic carbocycles. The maximum Gasteiger partial charge on any atom is 0.410 e. The molecule has 4 aliphatic heterocycles. The monoisotopic (exact) mass is 1340 g/mol. The van der Waals surface area contributed by atoms with Gasteiger partial charge in [-0.1, -0.05) is 98.6 Å². The first-order valence-corrected chi connectivity index (χ1v) is 32.9. The molecule has 20 nitrogen and oxygen atoms in total. The lowest BCUT2D eigenvalue weighted by Gasteiger charge is -2.42. The summed E-state index contributed by atoms with van der Waals surface area (Å²) in [7, 11) is 3.43. The molecular weight excluding hydrogens is 1260 g/mol. The molecule has 3 amide bonds. The van der Waals surface area contributed by atoms with Crippen molar-refractivity contribution < 1.29 is 51.6 Å². The van der Waals surface area contributed by atoms with Crippen LogP contribution in [0.4, 0.5) is 30.8 Å². The Morgan fingerprint density at radius 1 is 0.842 bits per heavy atom. The van der Waals surface area contributed by atoms with Crippen LogP contribution in [-0.2, 0) is 42.1 Å². The molecule has 6 aromatic rings. The number of nitrogens with one attached hydrogen (secondary N) is 3. The standard InChI is InChI=1S/C71H83Cl2F2N11O9/c1-69(2,3)38-60-71(43-77,53-21-20-46(72)36-55(53)74)61(52-16-12-17-54(73)62(52)75)63(81-60)66(88)79-56-22-19-45(35-59(56)90-8)65(87)78-26-30-91-31-32-92-33-34-93-49-37-48(83(7)40-49)42-94-67-80-57-41-84(58-18-11-14-44-13-9-10-15-50(44)58)27-24-51(57)64(82-67)85-28-29-86(47(39-85)23-25-76)68(89)95-70(4,5)6/h9-22,35-36,47-49,60-61,63,81H,23-24,26-34,37-42H2,1-8H3,(H,78,87)(H,79,88)/t47-,48-,49+,60-,61-,63+,71-/m0/s1. The summed E-state index contributed by atoms with van der Waals surface area (Å²) < 4.78 is 68.2. The van der Waals surface area contributed by atoms with E-state index >= 15 is 8.78 Å². The number of likely N-dealkylation sites (tertiary alicyclic amines) is 1. The molecule has 7 atom stereocenters. The average Bonchev–Trinajstić information content (AvgIpc) is 1.59. The molecule has 0 radical (unpaired) electrons. The summed E-state index contributed by atoms with van der Waals surface area (Å²) >= 11 is 12.5. The number of hydrogen-bond acceptors (Lipinski definition) is 17. The van der Waals surface area contributed by atoms with Crippen molar-refractivity contribution >= 4 is 69.1 Å². The summed E-state index contributed by atoms with van der Waals surface area (Å²) in [6.45, 7) is 16.7. The number of hydrogen-bond donors (Lipinski definition) is 3. The van der Waals surface area contributed by atoms with Crippen molar-refractivity contribution in [3.05, 3.63) is 147 Å². The van der Waals surface area contributed by atoms with Gasteiger partial charge in [-0.2, -0.15) is 20.5 Å². The van der Waals surface area contributed by atoms with E-state index in [-0.39, 0.29) is 88.9 Å². The summed E-state index contributed by atoms with van der Waals surface area (Å²) in [5.41, 5.74) is 0.424. The molecule has 4 aliphatic rings. The third-order valence-electron chi connectivity index (χ3n) is 17.9. The van der Waals surface area contributed by atoms with E-state index < -0.39 is 70.0 Å². The smallest absolute Gasteiger partial charge is 0.410 e. The largest absolute Gasteiger partial charge is 0.495 e. The van der Waals surface area contributed by atoms with Gasteiger partial charge in [0.2, 0.25) is 5.91 Å². The highest BCUT2D eigenvalue weighted by molar-refractivity contribution is 6.31. The van der Waals surface area contributed by atoms with Crippen LogP contribution in [0.5, 0.6) is 11.8 Å². The van der Waals surface area contributed by atoms with E-state index in [1.807, 2.05) is 54.7 Å². The zero-order valence-electron chi connectivity index (χ0n) is 55.0. The second-order valence-corrected chi connectivity index (χ2v) is 27.6. The highest BCUT2D eigenvalue weighted by Gasteiger charge is 2.61. The zero-order valence-corrected chi connectivity index (χ0v) is 56.5. The van der Waals surface area contributed by atoms with Crippen molar-refractivity contribution in [1.82, 2.24) is 30.4 Å². The second-order valence-electron chi connectivity index (χ2n) is 26.8. The molecule has 0 unspecified atom stereocenters. The number of fused-ring (bicyclic) bond motifs is 2. The topological polar surface area (TPSA) is 229 Å². The third-order valence-corrected chi connectivity index (χ3v) is 18.4. The number of amides is 3. The summed E-state index contributed by atoms with van der Waals surface area (Å²) in [6, 6.07) is 29.9. The Kier molecular flexibility index (Phi) is 22.4. The van der Waals surface area contributed by atoms with Gasteiger partial charge in [-0.15, -0.1) is 0 Å². The van der Waals surface area contributed by atoms with Crippen LogP contribution >= 0.6 is 23.2 Å². The molecule has 24 heteroatoms. The average molecular weight is 1340 g/mol. The van der Waals surface area contributed by atoms with Crippen molar-refractivity contribution in [2.24, 2.45) is 5.41 Å². The number of benzene rings is 5. The number of carbonyl (C=O) groups is 3. The predicted octanol–water partition coefficient (Wildman–Crippen LogP) is 11.0. The molecule has 0 aliphatic carbocycles. The van der Waals surface area contributed by atoms with E-state index in [0.717, 1.165) is 47.2 Å². The number of halogens is 4. The highest BCUT2D eigenvalue weighted by atomic mass is 35.5. The molecular formula is C71H83Cl2F2N11O9. The highest BCUT2D eigenvalue weighted by Crippen LogP contribution is 2.53. The SMILES string of the molecule is COc1cc(C(=O)NCCOCCOCCO[C@@H]2C[C@@H](COc3nc4c(c(N5CCN(C(=O)OC(C)(C)C)[C@@H](CC#N)C5)n3)CCN(c3cccc5ccccc35)C4)N(C)C2)ccc1NC(=O)[C@@H]1N[C@@H](CC(C)(C)C)[C@](C#N)(c2ccc(Cl)cc2F)[C@H]1c1cccc(Cl)c1F. The van der Waals surface area contributed by atoms with Crippen molar-refractivity contribution in [3.8, 4) is 23.9 Å². The molecule has 0 bridgehead atoms. The number of likely N-dealkylation sites (N-methyl/N-ethyl adjacent to an activating group) is 1. The fraction of sp³-hybridized carbons (Fsp3) is 0.479. The van der Waals surface area contributed by atoms with Gasteiger partial charge in [-0.3, -0.25) is 14.5 Å². The van der Waals surface area contributed by atoms with Crippen LogP contribution in [0.3, 0.4) is 0 Å². The Bertz CT molecular complexity index is 3840. The number of methoxy groups -OCH3 is 1. The third kappa shape index (κ3) is 16.3. The lowest BCUT2D eigenvalue weighted by atomic mass is 9.62. The molecule has 0 saturated carbocycles. The molecule has 1 aromatic heterocycles. The Morgan fingerprint density at radius 3 is 2.35 bits per heavy atom. The van der Waals surface area contributed by atoms with E-state index in [1.165, 1.54) is 61.0 Å². The maximum atomic E-state index is 16.3. The minimum atomic E-state index is -1.83. The van der Waals surface area contributed by atoms with Crippen molar-refractivity contribution in [2.75, 3.05) is 108 Å². The Labute approximate surface area is 564 Å². The molecule has 3 saturated heterocycles. The molecule has 5 heterocycles. The first kappa shape index (κ1) is 69.9. The first-order chi connectivity index (χ1) is 45.5. The number of rotatable bonds is 23. The predicted molar refractivity (Wildman–Crippen MR) is 359 cm³/mol. The van der Waals surface area contributed by atoms with Crippen LogP contribution in [-0.4, -0.2) is 167 Å². The number of aromatic nitrogens is 2. The summed E-state index contributed by atoms with van der Waals surface area (Å²) in [6.07, 6.45) is 1.36. The van der Waals surface area contributed by atoms with Crippen molar-refractivity contribution in [3.63, 3.8) is 0 Å². The lowest BCUT2D eigenvalue weighted by molar-refractivity contribution is -0.118. The minimum Gasteiger partial charge on any atom is -0.495 e. The van der Waals surface area contributed by atoms with E-state index in [2.05, 4.69) is 79.2 Å². The molecule has 3 fully saturated rings. The van der Waals surface area contributed by atoms with E-state index in [4.69, 9.17) is 61.6 Å². The van der Waals surface area contributed by atoms with Gasteiger partial charge in [-0.05, 0) is 106 Å². The number of anilines is 3. The van der Waals surface area contributed by atoms with E-state index in [0.29, 0.717) is 65.6 Å². The quantitative estimate of drug-likeness (QED) is 0.0507. The van der Waals surface area contributed by atoms with Crippen LogP contribution in [0.15, 0.2) is 97.1 Å². The molecule has 504 valence electrons. The molecule has 0 spiro atoms. The van der Waals surface area contributed by atoms with Crippen molar-refractivity contribution in [1.29, 1.82) is 10.5 Å². The van der Waals surface area contributed by atoms with Gasteiger partial charge in [0.05, 0.1) is 99.8 Å². The van der Waals surface area contributed by atoms with Crippen molar-refractivity contribution in [2.45, 2.75) is 121 Å². The fourth-order valence-corrected chi connectivity index (χ4v) is 13.8. The Balaban J connectivity index is 0.686. The normalized spacial score (nSPS) is 21.4. The Hall–Kier alpha value is -7.93. The van der Waals surface area contributed by atoms with Crippen LogP contribution in [0, 0.1) is 39.7 Å². The summed E-state index contributed by atoms with van der Waals surface area (Å²) in [4.78, 5) is 59.9. The molecule has 95 heavy (non-hydrogen) atoms. The number of nitrogens with zero attached hydrogens (tertiary/aromatic N) is 8. The lowest BCUT2D eigenvalue weighted by Crippen LogP contribution is -2.56. The van der Waals surface area contributed by atoms with Gasteiger partial charge in [0.15, 0.2) is 0 Å². The second kappa shape index (κ2) is 30.4. The Morgan fingerprint density at radius 2 is 1.60 bits per heavy atom. The van der Waals surface area contributed by atoms with E-state index in [9.17, 15) is 24.9 Å². The fourth-order valence-electron chi connectivity index (χ4n) is 13.4.